The van der Waals surface area contributed by atoms with Crippen LogP contribution < -0.4 is 61.2 Å². The van der Waals surface area contributed by atoms with Gasteiger partial charge in [0.05, 0.1) is 6.61 Å². The second-order valence-electron chi connectivity index (χ2n) is 4.57. The van der Waals surface area contributed by atoms with E-state index in [9.17, 15) is 0 Å². The van der Waals surface area contributed by atoms with Crippen LogP contribution in [0.25, 0.3) is 0 Å². The number of likely N-dealkylation sites (N-methyl/N-ethyl adjacent to an activating group) is 3. The van der Waals surface area contributed by atoms with Crippen LogP contribution in [0.3, 0.4) is 0 Å². The van der Waals surface area contributed by atoms with Crippen molar-refractivity contribution in [2.75, 3.05) is 61.5 Å². The van der Waals surface area contributed by atoms with E-state index in [0.717, 1.165) is 13.1 Å². The summed E-state index contributed by atoms with van der Waals surface area (Å²) >= 11 is 0. The SMILES string of the molecule is CN(C)CCN(C)C.CNCCO.[Cr+3].[O-][Cl+3]([O-])([O-])[O-].[O-][Cl+3]([O-])([O-])[O-].[O-][Cl+3]([O-])([O-])[O-]. The average Bonchev–Trinajstić information content (AvgIpc) is 2.32. The van der Waals surface area contributed by atoms with Gasteiger partial charge in [0.25, 0.3) is 0 Å². The quantitative estimate of drug-likeness (QED) is 0.326. The summed E-state index contributed by atoms with van der Waals surface area (Å²) in [6.45, 7) is 3.22. The molecular weight excluding hydrogens is 516 g/mol. The first kappa shape index (κ1) is 43.6. The van der Waals surface area contributed by atoms with Crippen LogP contribution >= 0.6 is 0 Å². The predicted octanol–water partition coefficient (Wildman–Crippen LogP) is -15.0. The Balaban J connectivity index is -0.0000000575. The molecule has 0 aromatic heterocycles. The molecule has 0 fully saturated rings. The Hall–Kier alpha value is 0.762. The zero-order valence-corrected chi connectivity index (χ0v) is 19.7. The molecule has 0 atom stereocenters. The number of nitrogens with one attached hydrogen (secondary N) is 1. The third-order valence-electron chi connectivity index (χ3n) is 1.36. The largest absolute Gasteiger partial charge is 3.00 e. The zero-order valence-electron chi connectivity index (χ0n) is 16.1. The van der Waals surface area contributed by atoms with Crippen molar-refractivity contribution in [1.29, 1.82) is 0 Å². The van der Waals surface area contributed by atoms with Gasteiger partial charge >= 0.3 is 17.4 Å². The first-order valence-electron chi connectivity index (χ1n) is 6.44. The van der Waals surface area contributed by atoms with E-state index < -0.39 is 30.7 Å². The predicted molar refractivity (Wildman–Crippen MR) is 58.1 cm³/mol. The molecule has 0 unspecified atom stereocenters. The number of nitrogens with zero attached hydrogens (tertiary/aromatic N) is 2. The van der Waals surface area contributed by atoms with Crippen molar-refractivity contribution in [3.63, 3.8) is 0 Å². The summed E-state index contributed by atoms with van der Waals surface area (Å²) in [5.74, 6) is 0. The Labute approximate surface area is 185 Å². The third-order valence-corrected chi connectivity index (χ3v) is 1.36. The minimum Gasteiger partial charge on any atom is -0.395 e. The number of hydrogen-bond donors (Lipinski definition) is 2. The molecule has 0 aliphatic rings. The van der Waals surface area contributed by atoms with E-state index in [-0.39, 0.29) is 24.0 Å². The van der Waals surface area contributed by atoms with Crippen LogP contribution in [0.1, 0.15) is 0 Å². The van der Waals surface area contributed by atoms with E-state index in [4.69, 9.17) is 61.0 Å². The molecule has 0 bridgehead atoms. The minimum absolute atomic E-state index is 0. The first-order valence-corrected chi connectivity index (χ1v) is 10.1. The molecule has 0 spiro atoms. The van der Waals surface area contributed by atoms with E-state index in [1.165, 1.54) is 0 Å². The number of rotatable bonds is 5. The number of aliphatic hydroxyl groups excluding tert-OH is 1. The molecule has 16 nitrogen and oxygen atoms in total. The topological polar surface area (TPSA) is 315 Å². The normalized spacial score (nSPS) is 10.8. The van der Waals surface area contributed by atoms with Gasteiger partial charge in [0.1, 0.15) is 0 Å². The van der Waals surface area contributed by atoms with Crippen molar-refractivity contribution in [2.45, 2.75) is 0 Å². The standard InChI is InChI=1S/C6H16N2.C3H9NO.3ClHO4.Cr/c1-7(2)5-6-8(3)4;1-4-2-3-5;3*2-1(3,4)5;/h5-6H2,1-4H3;4-5H,2-3H2,1H3;3*(H,2,3,4,5);/q;;;;;+3/p-3. The second-order valence-corrected chi connectivity index (χ2v) is 6.84. The molecule has 0 aliphatic heterocycles. The monoisotopic (exact) mass is 540 g/mol. The van der Waals surface area contributed by atoms with E-state index in [1.807, 2.05) is 0 Å². The zero-order chi connectivity index (χ0) is 24.2. The Morgan fingerprint density at radius 1 is 0.621 bits per heavy atom. The number of hydrogen-bond acceptors (Lipinski definition) is 16. The molecular formula is C9H25Cl3CrN3O13. The Kier molecular flexibility index (Phi) is 37.6. The van der Waals surface area contributed by atoms with Crippen molar-refractivity contribution in [3.8, 4) is 0 Å². The molecule has 0 saturated carbocycles. The molecule has 2 N–H and O–H groups in total. The molecule has 29 heavy (non-hydrogen) atoms. The van der Waals surface area contributed by atoms with Gasteiger partial charge in [-0.2, -0.15) is 0 Å². The van der Waals surface area contributed by atoms with Crippen molar-refractivity contribution >= 4 is 0 Å². The molecule has 0 aromatic rings. The van der Waals surface area contributed by atoms with E-state index in [1.54, 1.807) is 7.05 Å². The van der Waals surface area contributed by atoms with Crippen LogP contribution in [0.2, 0.25) is 0 Å². The summed E-state index contributed by atoms with van der Waals surface area (Å²) in [4.78, 5) is 4.36. The van der Waals surface area contributed by atoms with Crippen molar-refractivity contribution in [1.82, 2.24) is 15.1 Å². The number of aliphatic hydroxyl groups is 1. The van der Waals surface area contributed by atoms with Gasteiger partial charge in [-0.1, -0.05) is 0 Å². The summed E-state index contributed by atoms with van der Waals surface area (Å²) < 4.78 is 102. The van der Waals surface area contributed by atoms with Crippen LogP contribution in [0, 0.1) is 30.7 Å². The maximum Gasteiger partial charge on any atom is 3.00 e. The fourth-order valence-electron chi connectivity index (χ4n) is 0.512. The molecule has 20 heteroatoms. The van der Waals surface area contributed by atoms with Crippen LogP contribution in [-0.2, 0) is 17.4 Å². The first-order chi connectivity index (χ1) is 12.0. The van der Waals surface area contributed by atoms with Gasteiger partial charge in [-0.15, -0.1) is 30.7 Å². The minimum atomic E-state index is -4.94. The van der Waals surface area contributed by atoms with Crippen molar-refractivity contribution < 1.29 is 109 Å². The number of halogens is 3. The molecule has 0 aromatic carbocycles. The van der Waals surface area contributed by atoms with Crippen LogP contribution in [-0.4, -0.2) is 76.4 Å². The van der Waals surface area contributed by atoms with Gasteiger partial charge in [-0.3, -0.25) is 0 Å². The maximum absolute atomic E-state index is 8.49. The van der Waals surface area contributed by atoms with E-state index >= 15 is 0 Å². The average molecular weight is 542 g/mol. The summed E-state index contributed by atoms with van der Waals surface area (Å²) in [5.41, 5.74) is 0. The van der Waals surface area contributed by atoms with E-state index in [0.29, 0.717) is 6.54 Å². The summed E-state index contributed by atoms with van der Waals surface area (Å²) in [7, 11) is -4.68. The smallest absolute Gasteiger partial charge is 0.395 e. The Morgan fingerprint density at radius 2 is 0.793 bits per heavy atom. The van der Waals surface area contributed by atoms with Crippen LogP contribution in [0.4, 0.5) is 0 Å². The summed E-state index contributed by atoms with van der Waals surface area (Å²) in [5, 5.41) is 10.8. The van der Waals surface area contributed by atoms with Gasteiger partial charge in [0.15, 0.2) is 0 Å². The fraction of sp³-hybridized carbons (Fsp3) is 1.00. The molecule has 181 valence electrons. The second kappa shape index (κ2) is 25.0. The van der Waals surface area contributed by atoms with Crippen LogP contribution in [0.5, 0.6) is 0 Å². The molecule has 0 aliphatic carbocycles. The maximum atomic E-state index is 8.49. The molecule has 0 amide bonds. The van der Waals surface area contributed by atoms with Gasteiger partial charge < -0.3 is 20.2 Å². The third kappa shape index (κ3) is 342. The molecule has 0 heterocycles. The summed E-state index contributed by atoms with van der Waals surface area (Å²) in [6, 6.07) is 0. The van der Waals surface area contributed by atoms with Gasteiger partial charge in [0.2, 0.25) is 0 Å². The van der Waals surface area contributed by atoms with Gasteiger partial charge in [0, 0.05) is 19.6 Å². The Bertz CT molecular complexity index is 247. The molecule has 0 saturated heterocycles. The fourth-order valence-corrected chi connectivity index (χ4v) is 0.512. The summed E-state index contributed by atoms with van der Waals surface area (Å²) in [6.07, 6.45) is 0. The van der Waals surface area contributed by atoms with Gasteiger partial charge in [-0.25, -0.2) is 55.9 Å². The molecule has 1 radical (unpaired) electrons. The van der Waals surface area contributed by atoms with Crippen molar-refractivity contribution in [3.05, 3.63) is 0 Å². The Morgan fingerprint density at radius 3 is 0.828 bits per heavy atom. The van der Waals surface area contributed by atoms with Gasteiger partial charge in [-0.05, 0) is 35.2 Å². The van der Waals surface area contributed by atoms with Crippen LogP contribution in [0.15, 0.2) is 0 Å². The van der Waals surface area contributed by atoms with Crippen molar-refractivity contribution in [2.24, 2.45) is 0 Å². The molecule has 0 rings (SSSR count). The van der Waals surface area contributed by atoms with E-state index in [2.05, 4.69) is 43.3 Å².